The van der Waals surface area contributed by atoms with Gasteiger partial charge in [-0.3, -0.25) is 4.98 Å². The number of aromatic nitrogens is 1. The van der Waals surface area contributed by atoms with E-state index in [2.05, 4.69) is 27.3 Å². The van der Waals surface area contributed by atoms with Gasteiger partial charge in [-0.25, -0.2) is 0 Å². The highest BCUT2D eigenvalue weighted by Gasteiger charge is 2.18. The highest BCUT2D eigenvalue weighted by atomic mass is 15.1. The molecule has 2 heterocycles. The highest BCUT2D eigenvalue weighted by Crippen LogP contribution is 2.15. The fraction of sp³-hybridized carbons (Fsp3) is 0.643. The SMILES string of the molecule is CNCC1CCCN(CCc2ccccn2)C1. The summed E-state index contributed by atoms with van der Waals surface area (Å²) in [5, 5.41) is 3.29. The van der Waals surface area contributed by atoms with Gasteiger partial charge in [-0.1, -0.05) is 6.07 Å². The zero-order chi connectivity index (χ0) is 11.9. The van der Waals surface area contributed by atoms with E-state index in [0.29, 0.717) is 0 Å². The number of likely N-dealkylation sites (tertiary alicyclic amines) is 1. The molecule has 3 nitrogen and oxygen atoms in total. The van der Waals surface area contributed by atoms with E-state index in [1.54, 1.807) is 0 Å². The van der Waals surface area contributed by atoms with Crippen LogP contribution in [0.2, 0.25) is 0 Å². The molecule has 17 heavy (non-hydrogen) atoms. The van der Waals surface area contributed by atoms with Crippen molar-refractivity contribution >= 4 is 0 Å². The second kappa shape index (κ2) is 6.72. The van der Waals surface area contributed by atoms with Crippen molar-refractivity contribution in [2.24, 2.45) is 5.92 Å². The number of nitrogens with zero attached hydrogens (tertiary/aromatic N) is 2. The quantitative estimate of drug-likeness (QED) is 0.836. The standard InChI is InChI=1S/C14H23N3/c1-15-11-13-5-4-9-17(12-13)10-7-14-6-2-3-8-16-14/h2-3,6,8,13,15H,4-5,7,9-12H2,1H3. The third-order valence-electron chi connectivity index (χ3n) is 3.51. The molecule has 1 fully saturated rings. The average molecular weight is 233 g/mol. The van der Waals surface area contributed by atoms with Crippen LogP contribution in [0.1, 0.15) is 18.5 Å². The summed E-state index contributed by atoms with van der Waals surface area (Å²) in [4.78, 5) is 6.96. The number of hydrogen-bond donors (Lipinski definition) is 1. The molecule has 0 bridgehead atoms. The van der Waals surface area contributed by atoms with Crippen molar-refractivity contribution in [1.29, 1.82) is 0 Å². The smallest absolute Gasteiger partial charge is 0.0416 e. The lowest BCUT2D eigenvalue weighted by atomic mass is 9.98. The van der Waals surface area contributed by atoms with Gasteiger partial charge >= 0.3 is 0 Å². The van der Waals surface area contributed by atoms with Crippen molar-refractivity contribution in [3.63, 3.8) is 0 Å². The zero-order valence-electron chi connectivity index (χ0n) is 10.7. The molecule has 0 spiro atoms. The lowest BCUT2D eigenvalue weighted by Gasteiger charge is -2.32. The minimum Gasteiger partial charge on any atom is -0.319 e. The first-order valence-electron chi connectivity index (χ1n) is 6.65. The number of nitrogens with one attached hydrogen (secondary N) is 1. The Morgan fingerprint density at radius 3 is 3.18 bits per heavy atom. The fourth-order valence-corrected chi connectivity index (χ4v) is 2.63. The molecule has 0 aliphatic carbocycles. The molecule has 1 aliphatic rings. The van der Waals surface area contributed by atoms with E-state index in [0.717, 1.165) is 25.4 Å². The van der Waals surface area contributed by atoms with Gasteiger partial charge < -0.3 is 10.2 Å². The maximum atomic E-state index is 4.38. The minimum absolute atomic E-state index is 0.831. The van der Waals surface area contributed by atoms with Gasteiger partial charge in [0.25, 0.3) is 0 Å². The lowest BCUT2D eigenvalue weighted by molar-refractivity contribution is 0.175. The van der Waals surface area contributed by atoms with Crippen LogP contribution in [-0.4, -0.2) is 43.1 Å². The highest BCUT2D eigenvalue weighted by molar-refractivity contribution is 5.03. The molecule has 0 radical (unpaired) electrons. The third kappa shape index (κ3) is 4.10. The van der Waals surface area contributed by atoms with Gasteiger partial charge in [0.15, 0.2) is 0 Å². The molecule has 1 aliphatic heterocycles. The summed E-state index contributed by atoms with van der Waals surface area (Å²) in [6, 6.07) is 6.17. The van der Waals surface area contributed by atoms with Crippen molar-refractivity contribution in [1.82, 2.24) is 15.2 Å². The molecule has 1 unspecified atom stereocenters. The number of rotatable bonds is 5. The first-order valence-corrected chi connectivity index (χ1v) is 6.65. The molecule has 0 amide bonds. The normalized spacial score (nSPS) is 21.6. The van der Waals surface area contributed by atoms with Crippen LogP contribution in [0.4, 0.5) is 0 Å². The van der Waals surface area contributed by atoms with Gasteiger partial charge in [-0.2, -0.15) is 0 Å². The van der Waals surface area contributed by atoms with Gasteiger partial charge in [-0.15, -0.1) is 0 Å². The first kappa shape index (κ1) is 12.5. The lowest BCUT2D eigenvalue weighted by Crippen LogP contribution is -2.40. The molecule has 0 aromatic carbocycles. The molecule has 94 valence electrons. The third-order valence-corrected chi connectivity index (χ3v) is 3.51. The molecule has 0 saturated carbocycles. The fourth-order valence-electron chi connectivity index (χ4n) is 2.63. The molecule has 2 rings (SSSR count). The predicted octanol–water partition coefficient (Wildman–Crippen LogP) is 1.56. The van der Waals surface area contributed by atoms with Gasteiger partial charge in [-0.05, 0) is 51.0 Å². The van der Waals surface area contributed by atoms with E-state index in [-0.39, 0.29) is 0 Å². The molecule has 1 aromatic heterocycles. The largest absolute Gasteiger partial charge is 0.319 e. The van der Waals surface area contributed by atoms with E-state index >= 15 is 0 Å². The Balaban J connectivity index is 1.75. The zero-order valence-corrected chi connectivity index (χ0v) is 10.7. The van der Waals surface area contributed by atoms with Crippen molar-refractivity contribution < 1.29 is 0 Å². The minimum atomic E-state index is 0.831. The Morgan fingerprint density at radius 2 is 2.41 bits per heavy atom. The van der Waals surface area contributed by atoms with Crippen LogP contribution in [0.5, 0.6) is 0 Å². The van der Waals surface area contributed by atoms with Gasteiger partial charge in [0.2, 0.25) is 0 Å². The Kier molecular flexibility index (Phi) is 4.95. The molecular formula is C14H23N3. The molecule has 3 heteroatoms. The van der Waals surface area contributed by atoms with Crippen LogP contribution >= 0.6 is 0 Å². The van der Waals surface area contributed by atoms with Crippen molar-refractivity contribution in [3.05, 3.63) is 30.1 Å². The number of piperidine rings is 1. The van der Waals surface area contributed by atoms with E-state index < -0.39 is 0 Å². The summed E-state index contributed by atoms with van der Waals surface area (Å²) in [7, 11) is 2.05. The van der Waals surface area contributed by atoms with Crippen molar-refractivity contribution in [3.8, 4) is 0 Å². The monoisotopic (exact) mass is 233 g/mol. The van der Waals surface area contributed by atoms with Gasteiger partial charge in [0.05, 0.1) is 0 Å². The van der Waals surface area contributed by atoms with Crippen LogP contribution in [0.15, 0.2) is 24.4 Å². The summed E-state index contributed by atoms with van der Waals surface area (Å²) >= 11 is 0. The molecule has 1 saturated heterocycles. The predicted molar refractivity (Wildman–Crippen MR) is 71.0 cm³/mol. The van der Waals surface area contributed by atoms with Crippen LogP contribution < -0.4 is 5.32 Å². The molecular weight excluding hydrogens is 210 g/mol. The first-order chi connectivity index (χ1) is 8.38. The van der Waals surface area contributed by atoms with E-state index in [9.17, 15) is 0 Å². The topological polar surface area (TPSA) is 28.2 Å². The van der Waals surface area contributed by atoms with Gasteiger partial charge in [0.1, 0.15) is 0 Å². The van der Waals surface area contributed by atoms with E-state index in [1.165, 1.54) is 31.6 Å². The second-order valence-corrected chi connectivity index (χ2v) is 4.94. The average Bonchev–Trinajstić information content (AvgIpc) is 2.39. The van der Waals surface area contributed by atoms with Crippen LogP contribution in [0.3, 0.4) is 0 Å². The van der Waals surface area contributed by atoms with Crippen molar-refractivity contribution in [2.75, 3.05) is 33.2 Å². The molecule has 1 atom stereocenters. The maximum Gasteiger partial charge on any atom is 0.0416 e. The Morgan fingerprint density at radius 1 is 1.47 bits per heavy atom. The number of pyridine rings is 1. The summed E-state index contributed by atoms with van der Waals surface area (Å²) in [6.45, 7) is 4.80. The van der Waals surface area contributed by atoms with Crippen molar-refractivity contribution in [2.45, 2.75) is 19.3 Å². The van der Waals surface area contributed by atoms with Crippen LogP contribution in [-0.2, 0) is 6.42 Å². The van der Waals surface area contributed by atoms with E-state index in [4.69, 9.17) is 0 Å². The van der Waals surface area contributed by atoms with Gasteiger partial charge in [0, 0.05) is 31.4 Å². The molecule has 1 N–H and O–H groups in total. The van der Waals surface area contributed by atoms with Crippen LogP contribution in [0, 0.1) is 5.92 Å². The molecule has 1 aromatic rings. The van der Waals surface area contributed by atoms with E-state index in [1.807, 2.05) is 19.3 Å². The second-order valence-electron chi connectivity index (χ2n) is 4.94. The number of hydrogen-bond acceptors (Lipinski definition) is 3. The maximum absolute atomic E-state index is 4.38. The summed E-state index contributed by atoms with van der Waals surface area (Å²) in [5.74, 6) is 0.831. The Bertz CT molecular complexity index is 311. The summed E-state index contributed by atoms with van der Waals surface area (Å²) in [6.07, 6.45) is 5.68. The Labute approximate surface area is 104 Å². The summed E-state index contributed by atoms with van der Waals surface area (Å²) < 4.78 is 0. The van der Waals surface area contributed by atoms with Crippen LogP contribution in [0.25, 0.3) is 0 Å². The Hall–Kier alpha value is -0.930. The summed E-state index contributed by atoms with van der Waals surface area (Å²) in [5.41, 5.74) is 1.21.